The van der Waals surface area contributed by atoms with E-state index < -0.39 is 0 Å². The van der Waals surface area contributed by atoms with Crippen LogP contribution in [-0.4, -0.2) is 43.2 Å². The summed E-state index contributed by atoms with van der Waals surface area (Å²) >= 11 is 0. The molecule has 2 amide bonds. The van der Waals surface area contributed by atoms with E-state index >= 15 is 0 Å². The lowest BCUT2D eigenvalue weighted by Crippen LogP contribution is -2.41. The fraction of sp³-hybridized carbons (Fsp3) is 0.476. The normalized spacial score (nSPS) is 19.2. The topological polar surface area (TPSA) is 96.3 Å². The first kappa shape index (κ1) is 20.1. The van der Waals surface area contributed by atoms with Crippen LogP contribution in [0.25, 0.3) is 11.3 Å². The van der Waals surface area contributed by atoms with Crippen molar-refractivity contribution >= 4 is 11.8 Å². The molecule has 0 aliphatic carbocycles. The third-order valence-electron chi connectivity index (χ3n) is 5.12. The number of hydrogen-bond donors (Lipinski definition) is 3. The van der Waals surface area contributed by atoms with Gasteiger partial charge in [-0.05, 0) is 37.8 Å². The summed E-state index contributed by atoms with van der Waals surface area (Å²) in [7, 11) is 0. The van der Waals surface area contributed by atoms with Crippen LogP contribution in [0.2, 0.25) is 0 Å². The number of piperidine rings is 1. The predicted molar refractivity (Wildman–Crippen MR) is 106 cm³/mol. The highest BCUT2D eigenvalue weighted by Gasteiger charge is 2.28. The van der Waals surface area contributed by atoms with Crippen molar-refractivity contribution in [1.82, 2.24) is 21.1 Å². The van der Waals surface area contributed by atoms with Crippen LogP contribution in [0.5, 0.6) is 0 Å². The van der Waals surface area contributed by atoms with E-state index in [0.29, 0.717) is 31.3 Å². The minimum atomic E-state index is -0.0878. The third kappa shape index (κ3) is 5.92. The van der Waals surface area contributed by atoms with Gasteiger partial charge < -0.3 is 20.5 Å². The molecule has 150 valence electrons. The van der Waals surface area contributed by atoms with Crippen molar-refractivity contribution in [3.8, 4) is 11.3 Å². The highest BCUT2D eigenvalue weighted by Crippen LogP contribution is 2.27. The molecule has 0 unspecified atom stereocenters. The number of nitrogens with one attached hydrogen (secondary N) is 3. The zero-order valence-corrected chi connectivity index (χ0v) is 16.2. The Bertz CT molecular complexity index is 775. The van der Waals surface area contributed by atoms with Gasteiger partial charge in [-0.25, -0.2) is 0 Å². The number of benzene rings is 1. The second kappa shape index (κ2) is 10.0. The van der Waals surface area contributed by atoms with Crippen LogP contribution < -0.4 is 16.0 Å². The molecule has 28 heavy (non-hydrogen) atoms. The van der Waals surface area contributed by atoms with Crippen LogP contribution in [0.4, 0.5) is 0 Å². The molecule has 2 atom stereocenters. The maximum Gasteiger partial charge on any atom is 0.220 e. The smallest absolute Gasteiger partial charge is 0.220 e. The predicted octanol–water partition coefficient (Wildman–Crippen LogP) is 1.75. The maximum absolute atomic E-state index is 12.3. The first-order valence-electron chi connectivity index (χ1n) is 9.84. The average molecular weight is 384 g/mol. The number of hydrogen-bond acceptors (Lipinski definition) is 5. The van der Waals surface area contributed by atoms with Gasteiger partial charge in [0.05, 0.1) is 5.69 Å². The Kier molecular flexibility index (Phi) is 7.19. The molecule has 0 bridgehead atoms. The van der Waals surface area contributed by atoms with Crippen molar-refractivity contribution in [2.75, 3.05) is 26.2 Å². The molecular formula is C21H28N4O3. The lowest BCUT2D eigenvalue weighted by molar-refractivity contribution is -0.123. The average Bonchev–Trinajstić information content (AvgIpc) is 3.16. The fourth-order valence-corrected chi connectivity index (χ4v) is 3.65. The molecule has 1 aliphatic rings. The molecule has 7 heteroatoms. The van der Waals surface area contributed by atoms with E-state index in [1.807, 2.05) is 36.4 Å². The third-order valence-corrected chi connectivity index (χ3v) is 5.12. The largest absolute Gasteiger partial charge is 0.356 e. The van der Waals surface area contributed by atoms with Gasteiger partial charge in [0.15, 0.2) is 5.76 Å². The van der Waals surface area contributed by atoms with Gasteiger partial charge in [0.2, 0.25) is 11.8 Å². The molecule has 1 aromatic heterocycles. The molecule has 1 saturated heterocycles. The first-order valence-corrected chi connectivity index (χ1v) is 9.84. The Morgan fingerprint density at radius 2 is 1.96 bits per heavy atom. The van der Waals surface area contributed by atoms with Crippen molar-refractivity contribution in [3.05, 3.63) is 42.1 Å². The summed E-state index contributed by atoms with van der Waals surface area (Å²) in [6, 6.07) is 11.9. The van der Waals surface area contributed by atoms with Gasteiger partial charge in [-0.2, -0.15) is 0 Å². The summed E-state index contributed by atoms with van der Waals surface area (Å²) in [5.41, 5.74) is 1.93. The number of carbonyl (C=O) groups is 2. The Morgan fingerprint density at radius 1 is 1.18 bits per heavy atom. The van der Waals surface area contributed by atoms with E-state index in [1.54, 1.807) is 0 Å². The monoisotopic (exact) mass is 384 g/mol. The van der Waals surface area contributed by atoms with Gasteiger partial charge in [-0.15, -0.1) is 0 Å². The fourth-order valence-electron chi connectivity index (χ4n) is 3.65. The van der Waals surface area contributed by atoms with E-state index in [4.69, 9.17) is 4.52 Å². The van der Waals surface area contributed by atoms with Gasteiger partial charge in [-0.3, -0.25) is 9.59 Å². The molecule has 7 nitrogen and oxygen atoms in total. The Morgan fingerprint density at radius 3 is 2.75 bits per heavy atom. The van der Waals surface area contributed by atoms with E-state index in [-0.39, 0.29) is 11.8 Å². The lowest BCUT2D eigenvalue weighted by Gasteiger charge is -2.31. The quantitative estimate of drug-likeness (QED) is 0.603. The molecule has 1 fully saturated rings. The maximum atomic E-state index is 12.3. The summed E-state index contributed by atoms with van der Waals surface area (Å²) < 4.78 is 5.51. The van der Waals surface area contributed by atoms with Crippen molar-refractivity contribution in [1.29, 1.82) is 0 Å². The molecule has 0 saturated carbocycles. The van der Waals surface area contributed by atoms with Crippen LogP contribution in [0, 0.1) is 11.8 Å². The Labute approximate surface area is 165 Å². The minimum absolute atomic E-state index is 0.0346. The molecule has 3 N–H and O–H groups in total. The zero-order chi connectivity index (χ0) is 19.8. The van der Waals surface area contributed by atoms with Crippen molar-refractivity contribution in [2.45, 2.75) is 26.2 Å². The van der Waals surface area contributed by atoms with Gasteiger partial charge in [-0.1, -0.05) is 35.5 Å². The van der Waals surface area contributed by atoms with Gasteiger partial charge in [0, 0.05) is 38.1 Å². The van der Waals surface area contributed by atoms with Crippen LogP contribution in [0.15, 0.2) is 40.9 Å². The van der Waals surface area contributed by atoms with E-state index in [1.165, 1.54) is 6.92 Å². The Balaban J connectivity index is 1.53. The number of nitrogens with zero attached hydrogens (tertiary/aromatic N) is 1. The number of carbonyl (C=O) groups excluding carboxylic acids is 2. The molecule has 2 heterocycles. The summed E-state index contributed by atoms with van der Waals surface area (Å²) in [4.78, 5) is 23.1. The molecule has 2 aromatic rings. The first-order chi connectivity index (χ1) is 13.6. The van der Waals surface area contributed by atoms with E-state index in [0.717, 1.165) is 42.9 Å². The highest BCUT2D eigenvalue weighted by molar-refractivity contribution is 5.76. The van der Waals surface area contributed by atoms with Gasteiger partial charge in [0.1, 0.15) is 0 Å². The molecule has 1 aliphatic heterocycles. The van der Waals surface area contributed by atoms with Crippen LogP contribution in [0.1, 0.15) is 25.5 Å². The molecular weight excluding hydrogens is 356 g/mol. The van der Waals surface area contributed by atoms with Gasteiger partial charge >= 0.3 is 0 Å². The van der Waals surface area contributed by atoms with Gasteiger partial charge in [0.25, 0.3) is 0 Å². The van der Waals surface area contributed by atoms with Crippen molar-refractivity contribution < 1.29 is 14.1 Å². The highest BCUT2D eigenvalue weighted by atomic mass is 16.5. The van der Waals surface area contributed by atoms with Crippen LogP contribution >= 0.6 is 0 Å². The second-order valence-corrected chi connectivity index (χ2v) is 7.30. The number of rotatable bonds is 8. The molecule has 0 spiro atoms. The van der Waals surface area contributed by atoms with Crippen molar-refractivity contribution in [2.24, 2.45) is 11.8 Å². The Hall–Kier alpha value is -2.67. The number of aromatic nitrogens is 1. The van der Waals surface area contributed by atoms with Crippen LogP contribution in [-0.2, 0) is 16.0 Å². The summed E-state index contributed by atoms with van der Waals surface area (Å²) in [5, 5.41) is 13.2. The number of amides is 2. The molecule has 1 aromatic carbocycles. The zero-order valence-electron chi connectivity index (χ0n) is 16.2. The standard InChI is InChI=1S/C21H28N4O3/c1-15(26)23-9-10-24-21(27)12-17-7-8-22-14-18(17)11-19-13-20(28-25-19)16-5-3-2-4-6-16/h2-6,13,17-18,22H,7-12,14H2,1H3,(H,23,26)(H,24,27)/t17-,18-/m0/s1. The summed E-state index contributed by atoms with van der Waals surface area (Å²) in [6.45, 7) is 4.18. The molecule has 3 rings (SSSR count). The SMILES string of the molecule is CC(=O)NCCNC(=O)C[C@@H]1CCNC[C@@H]1Cc1cc(-c2ccccc2)on1. The van der Waals surface area contributed by atoms with Crippen molar-refractivity contribution in [3.63, 3.8) is 0 Å². The summed E-state index contributed by atoms with van der Waals surface area (Å²) in [6.07, 6.45) is 2.25. The van der Waals surface area contributed by atoms with E-state index in [2.05, 4.69) is 21.1 Å². The molecule has 0 radical (unpaired) electrons. The summed E-state index contributed by atoms with van der Waals surface area (Å²) in [5.74, 6) is 1.36. The lowest BCUT2D eigenvalue weighted by atomic mass is 9.81. The minimum Gasteiger partial charge on any atom is -0.356 e. The van der Waals surface area contributed by atoms with Crippen LogP contribution in [0.3, 0.4) is 0 Å². The second-order valence-electron chi connectivity index (χ2n) is 7.30. The van der Waals surface area contributed by atoms with E-state index in [9.17, 15) is 9.59 Å².